The van der Waals surface area contributed by atoms with Crippen LogP contribution in [0.5, 0.6) is 0 Å². The molecule has 0 fully saturated rings. The summed E-state index contributed by atoms with van der Waals surface area (Å²) < 4.78 is 0. The highest BCUT2D eigenvalue weighted by molar-refractivity contribution is 5.09. The maximum Gasteiger partial charge on any atom is 0.0509 e. The van der Waals surface area contributed by atoms with Crippen molar-refractivity contribution in [1.29, 1.82) is 0 Å². The van der Waals surface area contributed by atoms with Gasteiger partial charge in [-0.3, -0.25) is 0 Å². The van der Waals surface area contributed by atoms with Crippen molar-refractivity contribution in [2.75, 3.05) is 13.2 Å². The Bertz CT molecular complexity index is 354. The van der Waals surface area contributed by atoms with Crippen LogP contribution in [-0.4, -0.2) is 23.4 Å². The van der Waals surface area contributed by atoms with Crippen molar-refractivity contribution < 1.29 is 10.2 Å². The SMILES string of the molecule is CC(C)C(=CCCC(CO)(CO)CCC=C(C(C)C)C(C)C)C(C)C. The van der Waals surface area contributed by atoms with Gasteiger partial charge in [0, 0.05) is 5.41 Å². The van der Waals surface area contributed by atoms with Gasteiger partial charge in [0.1, 0.15) is 0 Å². The standard InChI is InChI=1S/C23H44O2/c1-17(2)21(18(3)4)11-9-13-23(15-24,16-25)14-10-12-22(19(5)6)20(7)8/h11-12,17-20,24-25H,9-10,13-16H2,1-8H3. The number of aliphatic hydroxyl groups is 2. The van der Waals surface area contributed by atoms with Crippen molar-refractivity contribution in [3.8, 4) is 0 Å². The fraction of sp³-hybridized carbons (Fsp3) is 0.826. The number of hydrogen-bond acceptors (Lipinski definition) is 2. The first-order chi connectivity index (χ1) is 11.6. The molecule has 0 bridgehead atoms. The third-order valence-corrected chi connectivity index (χ3v) is 5.45. The Morgan fingerprint density at radius 3 is 1.12 bits per heavy atom. The Morgan fingerprint density at radius 1 is 0.640 bits per heavy atom. The lowest BCUT2D eigenvalue weighted by Crippen LogP contribution is -2.29. The van der Waals surface area contributed by atoms with Gasteiger partial charge in [0.25, 0.3) is 0 Å². The highest BCUT2D eigenvalue weighted by atomic mass is 16.3. The minimum atomic E-state index is -0.370. The van der Waals surface area contributed by atoms with Crippen LogP contribution in [0.15, 0.2) is 23.3 Å². The van der Waals surface area contributed by atoms with E-state index in [9.17, 15) is 10.2 Å². The third kappa shape index (κ3) is 8.55. The quantitative estimate of drug-likeness (QED) is 0.423. The van der Waals surface area contributed by atoms with Crippen LogP contribution in [-0.2, 0) is 0 Å². The summed E-state index contributed by atoms with van der Waals surface area (Å²) in [5.74, 6) is 2.22. The van der Waals surface area contributed by atoms with E-state index in [4.69, 9.17) is 0 Å². The second-order valence-electron chi connectivity index (χ2n) is 8.92. The summed E-state index contributed by atoms with van der Waals surface area (Å²) in [6, 6.07) is 0. The van der Waals surface area contributed by atoms with E-state index in [1.165, 1.54) is 11.1 Å². The molecule has 0 unspecified atom stereocenters. The van der Waals surface area contributed by atoms with Gasteiger partial charge < -0.3 is 10.2 Å². The molecule has 2 heteroatoms. The first-order valence-electron chi connectivity index (χ1n) is 10.2. The molecule has 0 aliphatic heterocycles. The molecule has 0 rings (SSSR count). The summed E-state index contributed by atoms with van der Waals surface area (Å²) in [7, 11) is 0. The van der Waals surface area contributed by atoms with Crippen molar-refractivity contribution in [3.05, 3.63) is 23.3 Å². The molecule has 2 nitrogen and oxygen atoms in total. The van der Waals surface area contributed by atoms with Crippen molar-refractivity contribution in [2.24, 2.45) is 29.1 Å². The molecule has 148 valence electrons. The van der Waals surface area contributed by atoms with Gasteiger partial charge in [-0.1, -0.05) is 78.7 Å². The Balaban J connectivity index is 4.96. The number of rotatable bonds is 12. The summed E-state index contributed by atoms with van der Waals surface area (Å²) in [6.07, 6.45) is 8.21. The van der Waals surface area contributed by atoms with E-state index in [2.05, 4.69) is 67.5 Å². The molecule has 0 heterocycles. The average molecular weight is 353 g/mol. The molecule has 0 atom stereocenters. The lowest BCUT2D eigenvalue weighted by atomic mass is 9.79. The second-order valence-corrected chi connectivity index (χ2v) is 8.92. The van der Waals surface area contributed by atoms with E-state index in [-0.39, 0.29) is 18.6 Å². The predicted octanol–water partition coefficient (Wildman–Crippen LogP) is 5.99. The summed E-state index contributed by atoms with van der Waals surface area (Å²) in [5.41, 5.74) is 2.59. The molecule has 0 aromatic carbocycles. The highest BCUT2D eigenvalue weighted by Gasteiger charge is 2.27. The van der Waals surface area contributed by atoms with Gasteiger partial charge in [-0.25, -0.2) is 0 Å². The maximum atomic E-state index is 9.94. The molecule has 0 amide bonds. The fourth-order valence-electron chi connectivity index (χ4n) is 3.86. The molecule has 0 saturated heterocycles. The zero-order chi connectivity index (χ0) is 19.6. The van der Waals surface area contributed by atoms with Crippen LogP contribution in [0.4, 0.5) is 0 Å². The molecule has 25 heavy (non-hydrogen) atoms. The number of allylic oxidation sites excluding steroid dienone is 4. The summed E-state index contributed by atoms with van der Waals surface area (Å²) in [5, 5.41) is 19.9. The molecular weight excluding hydrogens is 308 g/mol. The molecule has 2 N–H and O–H groups in total. The van der Waals surface area contributed by atoms with E-state index in [0.29, 0.717) is 23.7 Å². The predicted molar refractivity (Wildman–Crippen MR) is 111 cm³/mol. The Morgan fingerprint density at radius 2 is 0.920 bits per heavy atom. The minimum Gasteiger partial charge on any atom is -0.396 e. The second kappa shape index (κ2) is 11.9. The zero-order valence-electron chi connectivity index (χ0n) is 18.1. The smallest absolute Gasteiger partial charge is 0.0509 e. The Labute approximate surface area is 157 Å². The van der Waals surface area contributed by atoms with Crippen LogP contribution < -0.4 is 0 Å². The number of aliphatic hydroxyl groups excluding tert-OH is 2. The monoisotopic (exact) mass is 352 g/mol. The van der Waals surface area contributed by atoms with E-state index >= 15 is 0 Å². The first kappa shape index (κ1) is 24.4. The topological polar surface area (TPSA) is 40.5 Å². The molecule has 0 aliphatic carbocycles. The van der Waals surface area contributed by atoms with Gasteiger partial charge in [0.2, 0.25) is 0 Å². The van der Waals surface area contributed by atoms with Crippen LogP contribution in [0.3, 0.4) is 0 Å². The molecule has 0 aromatic rings. The van der Waals surface area contributed by atoms with Gasteiger partial charge in [-0.05, 0) is 49.4 Å². The summed E-state index contributed by atoms with van der Waals surface area (Å²) in [6.45, 7) is 18.0. The van der Waals surface area contributed by atoms with Gasteiger partial charge in [0.05, 0.1) is 13.2 Å². The zero-order valence-corrected chi connectivity index (χ0v) is 18.1. The average Bonchev–Trinajstić information content (AvgIpc) is 2.52. The van der Waals surface area contributed by atoms with Gasteiger partial charge in [-0.2, -0.15) is 0 Å². The molecule has 0 saturated carbocycles. The van der Waals surface area contributed by atoms with E-state index in [1.807, 2.05) is 0 Å². The maximum absolute atomic E-state index is 9.94. The molecule has 0 aromatic heterocycles. The van der Waals surface area contributed by atoms with Crippen molar-refractivity contribution in [3.63, 3.8) is 0 Å². The van der Waals surface area contributed by atoms with E-state index in [1.54, 1.807) is 0 Å². The first-order valence-corrected chi connectivity index (χ1v) is 10.2. The normalized spacial score (nSPS) is 12.4. The Hall–Kier alpha value is -0.600. The van der Waals surface area contributed by atoms with Crippen LogP contribution >= 0.6 is 0 Å². The van der Waals surface area contributed by atoms with Gasteiger partial charge in [0.15, 0.2) is 0 Å². The number of hydrogen-bond donors (Lipinski definition) is 2. The third-order valence-electron chi connectivity index (χ3n) is 5.45. The molecule has 0 aliphatic rings. The Kier molecular flexibility index (Phi) is 11.6. The van der Waals surface area contributed by atoms with Crippen LogP contribution in [0.2, 0.25) is 0 Å². The van der Waals surface area contributed by atoms with Gasteiger partial charge in [-0.15, -0.1) is 0 Å². The molecule has 0 spiro atoms. The van der Waals surface area contributed by atoms with Crippen molar-refractivity contribution in [1.82, 2.24) is 0 Å². The molecular formula is C23H44O2. The van der Waals surface area contributed by atoms with Crippen molar-refractivity contribution >= 4 is 0 Å². The lowest BCUT2D eigenvalue weighted by molar-refractivity contribution is 0.0412. The van der Waals surface area contributed by atoms with Crippen LogP contribution in [0, 0.1) is 29.1 Å². The summed E-state index contributed by atoms with van der Waals surface area (Å²) in [4.78, 5) is 0. The van der Waals surface area contributed by atoms with E-state index < -0.39 is 0 Å². The van der Waals surface area contributed by atoms with E-state index in [0.717, 1.165) is 25.7 Å². The lowest BCUT2D eigenvalue weighted by Gasteiger charge is -2.30. The summed E-state index contributed by atoms with van der Waals surface area (Å²) >= 11 is 0. The minimum absolute atomic E-state index is 0.0581. The largest absolute Gasteiger partial charge is 0.396 e. The van der Waals surface area contributed by atoms with Crippen LogP contribution in [0.1, 0.15) is 81.1 Å². The van der Waals surface area contributed by atoms with Gasteiger partial charge >= 0.3 is 0 Å². The fourth-order valence-corrected chi connectivity index (χ4v) is 3.86. The van der Waals surface area contributed by atoms with Crippen LogP contribution in [0.25, 0.3) is 0 Å². The van der Waals surface area contributed by atoms with Crippen molar-refractivity contribution in [2.45, 2.75) is 81.1 Å². The molecule has 0 radical (unpaired) electrons. The highest BCUT2D eigenvalue weighted by Crippen LogP contribution is 2.32.